The van der Waals surface area contributed by atoms with Gasteiger partial charge in [-0.05, 0) is 88.4 Å². The molecule has 1 aliphatic heterocycles. The fourth-order valence-corrected chi connectivity index (χ4v) is 4.72. The van der Waals surface area contributed by atoms with Crippen LogP contribution in [0.25, 0.3) is 6.08 Å². The van der Waals surface area contributed by atoms with Gasteiger partial charge in [-0.1, -0.05) is 53.0 Å². The van der Waals surface area contributed by atoms with Crippen LogP contribution in [0, 0.1) is 6.92 Å². The molecule has 0 bridgehead atoms. The lowest BCUT2D eigenvalue weighted by molar-refractivity contribution is -0.122. The molecule has 1 N–H and O–H groups in total. The van der Waals surface area contributed by atoms with Crippen molar-refractivity contribution in [1.82, 2.24) is 5.32 Å². The van der Waals surface area contributed by atoms with E-state index in [1.165, 1.54) is 6.08 Å². The maximum absolute atomic E-state index is 13.2. The van der Waals surface area contributed by atoms with Crippen LogP contribution in [0.15, 0.2) is 77.3 Å². The monoisotopic (exact) mass is 598 g/mol. The third-order valence-electron chi connectivity index (χ3n) is 5.58. The standard InChI is InChI=1S/C28H21BrCl2N2O4/c1-3-4-19-11-18(13-22(29)25(19)37-15-17-7-10-23(30)24(31)14-17)12-21-26(34)32-28(36)33(27(21)35)20-8-5-16(2)6-9-20/h3,5-14H,1,4,15H2,2H3,(H,32,34,36)/b21-12+. The molecule has 188 valence electrons. The zero-order valence-corrected chi connectivity index (χ0v) is 22.8. The molecule has 1 heterocycles. The van der Waals surface area contributed by atoms with Gasteiger partial charge in [0.25, 0.3) is 11.8 Å². The second kappa shape index (κ2) is 11.3. The van der Waals surface area contributed by atoms with Crippen molar-refractivity contribution in [2.24, 2.45) is 0 Å². The lowest BCUT2D eigenvalue weighted by Gasteiger charge is -2.26. The zero-order chi connectivity index (χ0) is 26.7. The van der Waals surface area contributed by atoms with Crippen LogP contribution >= 0.6 is 39.1 Å². The van der Waals surface area contributed by atoms with Crippen LogP contribution in [0.5, 0.6) is 5.75 Å². The first-order valence-corrected chi connectivity index (χ1v) is 12.7. The average Bonchev–Trinajstić information content (AvgIpc) is 2.84. The molecule has 0 saturated carbocycles. The number of benzene rings is 3. The summed E-state index contributed by atoms with van der Waals surface area (Å²) < 4.78 is 6.69. The Morgan fingerprint density at radius 2 is 1.76 bits per heavy atom. The minimum absolute atomic E-state index is 0.166. The third-order valence-corrected chi connectivity index (χ3v) is 6.91. The predicted octanol–water partition coefficient (Wildman–Crippen LogP) is 7.04. The summed E-state index contributed by atoms with van der Waals surface area (Å²) in [6.07, 6.45) is 3.65. The Balaban J connectivity index is 1.65. The molecule has 1 saturated heterocycles. The fourth-order valence-electron chi connectivity index (χ4n) is 3.76. The number of barbiturate groups is 1. The van der Waals surface area contributed by atoms with Crippen molar-refractivity contribution in [3.8, 4) is 5.75 Å². The van der Waals surface area contributed by atoms with Crippen LogP contribution in [0.4, 0.5) is 10.5 Å². The number of ether oxygens (including phenoxy) is 1. The van der Waals surface area contributed by atoms with Crippen molar-refractivity contribution in [1.29, 1.82) is 0 Å². The number of anilines is 1. The number of hydrogen-bond donors (Lipinski definition) is 1. The smallest absolute Gasteiger partial charge is 0.335 e. The number of allylic oxidation sites excluding steroid dienone is 1. The predicted molar refractivity (Wildman–Crippen MR) is 149 cm³/mol. The molecule has 3 aromatic carbocycles. The number of hydrogen-bond acceptors (Lipinski definition) is 4. The Labute approximate surface area is 232 Å². The summed E-state index contributed by atoms with van der Waals surface area (Å²) in [4.78, 5) is 39.2. The summed E-state index contributed by atoms with van der Waals surface area (Å²) in [7, 11) is 0. The SMILES string of the molecule is C=CCc1cc(/C=C2\C(=O)NC(=O)N(c3ccc(C)cc3)C2=O)cc(Br)c1OCc1ccc(Cl)c(Cl)c1. The van der Waals surface area contributed by atoms with Crippen molar-refractivity contribution in [2.45, 2.75) is 20.0 Å². The van der Waals surface area contributed by atoms with E-state index in [1.54, 1.807) is 54.6 Å². The number of carbonyl (C=O) groups excluding carboxylic acids is 3. The lowest BCUT2D eigenvalue weighted by atomic mass is 10.0. The largest absolute Gasteiger partial charge is 0.487 e. The van der Waals surface area contributed by atoms with Gasteiger partial charge in [-0.3, -0.25) is 14.9 Å². The number of imide groups is 2. The molecule has 6 nitrogen and oxygen atoms in total. The highest BCUT2D eigenvalue weighted by Gasteiger charge is 2.36. The van der Waals surface area contributed by atoms with Gasteiger partial charge in [0.2, 0.25) is 0 Å². The molecule has 0 unspecified atom stereocenters. The van der Waals surface area contributed by atoms with E-state index in [4.69, 9.17) is 27.9 Å². The van der Waals surface area contributed by atoms with Gasteiger partial charge in [-0.25, -0.2) is 9.69 Å². The summed E-state index contributed by atoms with van der Waals surface area (Å²) in [6, 6.07) is 14.9. The Hall–Kier alpha value is -3.39. The molecular weight excluding hydrogens is 579 g/mol. The summed E-state index contributed by atoms with van der Waals surface area (Å²) in [5.74, 6) is -0.886. The molecule has 4 amide bonds. The van der Waals surface area contributed by atoms with Crippen molar-refractivity contribution in [3.63, 3.8) is 0 Å². The molecule has 0 aliphatic carbocycles. The first-order valence-electron chi connectivity index (χ1n) is 11.2. The Kier molecular flexibility index (Phi) is 8.17. The van der Waals surface area contributed by atoms with E-state index in [0.717, 1.165) is 21.6 Å². The maximum atomic E-state index is 13.2. The summed E-state index contributed by atoms with van der Waals surface area (Å²) >= 11 is 15.6. The maximum Gasteiger partial charge on any atom is 0.335 e. The first kappa shape index (κ1) is 26.7. The van der Waals surface area contributed by atoms with Crippen LogP contribution in [-0.2, 0) is 22.6 Å². The number of aryl methyl sites for hydroxylation is 1. The highest BCUT2D eigenvalue weighted by molar-refractivity contribution is 9.10. The van der Waals surface area contributed by atoms with E-state index in [9.17, 15) is 14.4 Å². The van der Waals surface area contributed by atoms with Crippen LogP contribution in [-0.4, -0.2) is 17.8 Å². The third kappa shape index (κ3) is 5.96. The van der Waals surface area contributed by atoms with E-state index in [0.29, 0.717) is 37.9 Å². The summed E-state index contributed by atoms with van der Waals surface area (Å²) in [6.45, 7) is 5.95. The number of amides is 4. The minimum Gasteiger partial charge on any atom is -0.487 e. The van der Waals surface area contributed by atoms with Gasteiger partial charge in [0, 0.05) is 0 Å². The van der Waals surface area contributed by atoms with E-state index < -0.39 is 17.8 Å². The van der Waals surface area contributed by atoms with Crippen molar-refractivity contribution in [3.05, 3.63) is 110 Å². The molecule has 4 rings (SSSR count). The fraction of sp³-hybridized carbons (Fsp3) is 0.107. The Morgan fingerprint density at radius 1 is 1.03 bits per heavy atom. The van der Waals surface area contributed by atoms with Gasteiger partial charge < -0.3 is 4.74 Å². The molecule has 0 radical (unpaired) electrons. The minimum atomic E-state index is -0.796. The highest BCUT2D eigenvalue weighted by atomic mass is 79.9. The number of nitrogens with zero attached hydrogens (tertiary/aromatic N) is 1. The number of halogens is 3. The van der Waals surface area contributed by atoms with Crippen molar-refractivity contribution < 1.29 is 19.1 Å². The normalized spacial score (nSPS) is 14.6. The summed E-state index contributed by atoms with van der Waals surface area (Å²) in [5, 5.41) is 3.13. The molecule has 1 aliphatic rings. The van der Waals surface area contributed by atoms with E-state index in [2.05, 4.69) is 27.8 Å². The highest BCUT2D eigenvalue weighted by Crippen LogP contribution is 2.34. The van der Waals surface area contributed by atoms with Gasteiger partial charge in [0.15, 0.2) is 0 Å². The molecule has 0 spiro atoms. The van der Waals surface area contributed by atoms with Crippen LogP contribution in [0.3, 0.4) is 0 Å². The first-order chi connectivity index (χ1) is 17.7. The van der Waals surface area contributed by atoms with Crippen molar-refractivity contribution >= 4 is 68.7 Å². The molecule has 37 heavy (non-hydrogen) atoms. The molecule has 0 aromatic heterocycles. The van der Waals surface area contributed by atoms with Crippen LogP contribution in [0.2, 0.25) is 10.0 Å². The Morgan fingerprint density at radius 3 is 2.43 bits per heavy atom. The van der Waals surface area contributed by atoms with Crippen LogP contribution in [0.1, 0.15) is 22.3 Å². The van der Waals surface area contributed by atoms with E-state index in [1.807, 2.05) is 13.0 Å². The van der Waals surface area contributed by atoms with Gasteiger partial charge in [-0.15, -0.1) is 6.58 Å². The molecule has 3 aromatic rings. The number of urea groups is 1. The van der Waals surface area contributed by atoms with Gasteiger partial charge in [-0.2, -0.15) is 0 Å². The molecule has 0 atom stereocenters. The quantitative estimate of drug-likeness (QED) is 0.180. The number of rotatable bonds is 7. The van der Waals surface area contributed by atoms with Crippen LogP contribution < -0.4 is 15.0 Å². The van der Waals surface area contributed by atoms with E-state index >= 15 is 0 Å². The topological polar surface area (TPSA) is 75.7 Å². The zero-order valence-electron chi connectivity index (χ0n) is 19.7. The van der Waals surface area contributed by atoms with Crippen molar-refractivity contribution in [2.75, 3.05) is 4.90 Å². The van der Waals surface area contributed by atoms with Gasteiger partial charge in [0.1, 0.15) is 17.9 Å². The van der Waals surface area contributed by atoms with Gasteiger partial charge in [0.05, 0.1) is 20.2 Å². The molecule has 1 fully saturated rings. The lowest BCUT2D eigenvalue weighted by Crippen LogP contribution is -2.54. The average molecular weight is 600 g/mol. The second-order valence-corrected chi connectivity index (χ2v) is 9.98. The number of carbonyl (C=O) groups is 3. The van der Waals surface area contributed by atoms with E-state index in [-0.39, 0.29) is 12.2 Å². The summed E-state index contributed by atoms with van der Waals surface area (Å²) in [5.41, 5.74) is 3.37. The molecular formula is C28H21BrCl2N2O4. The molecule has 9 heteroatoms. The number of nitrogens with one attached hydrogen (secondary N) is 1. The Bertz CT molecular complexity index is 1450. The van der Waals surface area contributed by atoms with Gasteiger partial charge >= 0.3 is 6.03 Å². The second-order valence-electron chi connectivity index (χ2n) is 8.31.